The molecule has 1 rings (SSSR count). The summed E-state index contributed by atoms with van der Waals surface area (Å²) >= 11 is 0. The molecule has 0 spiro atoms. The molecule has 0 unspecified atom stereocenters. The summed E-state index contributed by atoms with van der Waals surface area (Å²) in [5, 5.41) is 10.7. The minimum absolute atomic E-state index is 0.123. The molecule has 1 aromatic carbocycles. The summed E-state index contributed by atoms with van der Waals surface area (Å²) in [5.41, 5.74) is 0.560. The van der Waals surface area contributed by atoms with Gasteiger partial charge in [0.1, 0.15) is 19.3 Å². The molecule has 0 aliphatic heterocycles. The highest BCUT2D eigenvalue weighted by Crippen LogP contribution is 2.07. The Morgan fingerprint density at radius 1 is 1.20 bits per heavy atom. The van der Waals surface area contributed by atoms with Gasteiger partial charge in [-0.3, -0.25) is 4.79 Å². The van der Waals surface area contributed by atoms with E-state index in [0.29, 0.717) is 16.6 Å². The predicted octanol–water partition coefficient (Wildman–Crippen LogP) is 0.101. The van der Waals surface area contributed by atoms with E-state index in [0.717, 1.165) is 0 Å². The molecule has 1 atom stereocenters. The number of ether oxygens (including phenoxy) is 1. The molecule has 0 amide bonds. The van der Waals surface area contributed by atoms with Crippen molar-refractivity contribution in [3.05, 3.63) is 35.9 Å². The Morgan fingerprint density at radius 3 is 2.30 bits per heavy atom. The number of Topliss-reactive ketones (excluding diaryl/α,β-unsaturated/α-hetero) is 1. The van der Waals surface area contributed by atoms with Crippen LogP contribution in [-0.2, 0) is 9.53 Å². The molecule has 0 saturated carbocycles. The summed E-state index contributed by atoms with van der Waals surface area (Å²) < 4.78 is 6.01. The maximum absolute atomic E-state index is 11.9. The number of nitrogens with zero attached hydrogens (tertiary/aromatic N) is 1. The van der Waals surface area contributed by atoms with Gasteiger partial charge in [-0.2, -0.15) is 0 Å². The molecule has 1 aromatic rings. The summed E-state index contributed by atoms with van der Waals surface area (Å²) in [6, 6.07) is 8.79. The lowest BCUT2D eigenvalue weighted by atomic mass is 10.1. The minimum Gasteiger partial charge on any atom is -0.550 e. The quantitative estimate of drug-likeness (QED) is 0.500. The number of aliphatic carboxylic acids is 1. The molecule has 0 saturated heterocycles. The van der Waals surface area contributed by atoms with E-state index in [1.54, 1.807) is 24.3 Å². The van der Waals surface area contributed by atoms with E-state index in [2.05, 4.69) is 0 Å². The highest BCUT2D eigenvalue weighted by molar-refractivity contribution is 5.97. The fourth-order valence-corrected chi connectivity index (χ4v) is 1.87. The molecule has 0 fully saturated rings. The van der Waals surface area contributed by atoms with Gasteiger partial charge in [-0.15, -0.1) is 0 Å². The highest BCUT2D eigenvalue weighted by atomic mass is 16.5. The van der Waals surface area contributed by atoms with E-state index in [-0.39, 0.29) is 18.8 Å². The number of hydrogen-bond acceptors (Lipinski definition) is 4. The molecule has 0 aliphatic rings. The Morgan fingerprint density at radius 2 is 1.80 bits per heavy atom. The Kier molecular flexibility index (Phi) is 5.85. The van der Waals surface area contributed by atoms with E-state index in [4.69, 9.17) is 4.74 Å². The number of rotatable bonds is 8. The van der Waals surface area contributed by atoms with Crippen molar-refractivity contribution in [3.8, 4) is 0 Å². The second-order valence-electron chi connectivity index (χ2n) is 5.77. The monoisotopic (exact) mass is 279 g/mol. The molecular weight excluding hydrogens is 258 g/mol. The van der Waals surface area contributed by atoms with Crippen LogP contribution in [0.3, 0.4) is 0 Å². The van der Waals surface area contributed by atoms with Crippen molar-refractivity contribution in [2.45, 2.75) is 12.5 Å². The van der Waals surface area contributed by atoms with Crippen molar-refractivity contribution in [2.24, 2.45) is 0 Å². The van der Waals surface area contributed by atoms with Crippen LogP contribution in [0.1, 0.15) is 16.8 Å². The molecule has 110 valence electrons. The van der Waals surface area contributed by atoms with Gasteiger partial charge in [-0.25, -0.2) is 0 Å². The molecule has 0 N–H and O–H groups in total. The zero-order valence-electron chi connectivity index (χ0n) is 12.2. The van der Waals surface area contributed by atoms with Crippen LogP contribution in [0.15, 0.2) is 30.3 Å². The Balaban J connectivity index is 2.57. The van der Waals surface area contributed by atoms with Gasteiger partial charge in [0.05, 0.1) is 21.1 Å². The van der Waals surface area contributed by atoms with E-state index >= 15 is 0 Å². The lowest BCUT2D eigenvalue weighted by Crippen LogP contribution is -2.45. The van der Waals surface area contributed by atoms with Crippen molar-refractivity contribution in [1.82, 2.24) is 0 Å². The van der Waals surface area contributed by atoms with Crippen LogP contribution in [0.25, 0.3) is 0 Å². The van der Waals surface area contributed by atoms with Gasteiger partial charge < -0.3 is 19.1 Å². The SMILES string of the molecule is C[N+](C)(C)C[C@H](CC(=O)[O-])OCC(=O)c1ccccc1. The summed E-state index contributed by atoms with van der Waals surface area (Å²) in [7, 11) is 5.81. The van der Waals surface area contributed by atoms with Crippen LogP contribution in [-0.4, -0.2) is 56.6 Å². The molecule has 5 nitrogen and oxygen atoms in total. The largest absolute Gasteiger partial charge is 0.550 e. The second kappa shape index (κ2) is 7.17. The van der Waals surface area contributed by atoms with Crippen LogP contribution >= 0.6 is 0 Å². The normalized spacial score (nSPS) is 12.9. The lowest BCUT2D eigenvalue weighted by molar-refractivity contribution is -0.873. The number of carboxylic acids is 1. The van der Waals surface area contributed by atoms with E-state index < -0.39 is 12.1 Å². The molecule has 0 heterocycles. The average Bonchev–Trinajstić information content (AvgIpc) is 2.34. The van der Waals surface area contributed by atoms with Gasteiger partial charge in [0.2, 0.25) is 0 Å². The van der Waals surface area contributed by atoms with E-state index in [1.165, 1.54) is 0 Å². The number of carbonyl (C=O) groups excluding carboxylic acids is 2. The van der Waals surface area contributed by atoms with Gasteiger partial charge in [-0.1, -0.05) is 30.3 Å². The molecule has 0 bridgehead atoms. The fraction of sp³-hybridized carbons (Fsp3) is 0.467. The number of ketones is 1. The molecule has 0 aromatic heterocycles. The topological polar surface area (TPSA) is 66.4 Å². The molecule has 20 heavy (non-hydrogen) atoms. The molecular formula is C15H21NO4. The smallest absolute Gasteiger partial charge is 0.188 e. The first-order chi connectivity index (χ1) is 9.28. The number of likely N-dealkylation sites (N-methyl/N-ethyl adjacent to an activating group) is 1. The fourth-order valence-electron chi connectivity index (χ4n) is 1.87. The van der Waals surface area contributed by atoms with Gasteiger partial charge >= 0.3 is 0 Å². The number of hydrogen-bond donors (Lipinski definition) is 0. The number of carboxylic acid groups (broad SMARTS) is 1. The van der Waals surface area contributed by atoms with E-state index in [1.807, 2.05) is 27.2 Å². The number of carbonyl (C=O) groups is 2. The first kappa shape index (κ1) is 16.3. The van der Waals surface area contributed by atoms with Crippen LogP contribution in [0.5, 0.6) is 0 Å². The summed E-state index contributed by atoms with van der Waals surface area (Å²) in [6.07, 6.45) is -0.745. The van der Waals surface area contributed by atoms with Gasteiger partial charge in [-0.05, 0) is 0 Å². The van der Waals surface area contributed by atoms with Crippen LogP contribution in [0.2, 0.25) is 0 Å². The Hall–Kier alpha value is -1.72. The maximum atomic E-state index is 11.9. The minimum atomic E-state index is -1.17. The van der Waals surface area contributed by atoms with Crippen molar-refractivity contribution in [3.63, 3.8) is 0 Å². The van der Waals surface area contributed by atoms with Crippen molar-refractivity contribution in [2.75, 3.05) is 34.3 Å². The summed E-state index contributed by atoms with van der Waals surface area (Å²) in [5.74, 6) is -1.33. The Labute approximate surface area is 119 Å². The highest BCUT2D eigenvalue weighted by Gasteiger charge is 2.20. The maximum Gasteiger partial charge on any atom is 0.188 e. The molecule has 0 radical (unpaired) electrons. The van der Waals surface area contributed by atoms with Crippen molar-refractivity contribution in [1.29, 1.82) is 0 Å². The van der Waals surface area contributed by atoms with Crippen molar-refractivity contribution >= 4 is 11.8 Å². The van der Waals surface area contributed by atoms with Gasteiger partial charge in [0.25, 0.3) is 0 Å². The zero-order chi connectivity index (χ0) is 15.2. The summed E-state index contributed by atoms with van der Waals surface area (Å²) in [4.78, 5) is 22.6. The number of quaternary nitrogens is 1. The van der Waals surface area contributed by atoms with E-state index in [9.17, 15) is 14.7 Å². The Bertz CT molecular complexity index is 451. The van der Waals surface area contributed by atoms with Crippen LogP contribution < -0.4 is 5.11 Å². The first-order valence-corrected chi connectivity index (χ1v) is 6.48. The third kappa shape index (κ3) is 6.45. The van der Waals surface area contributed by atoms with Crippen LogP contribution in [0, 0.1) is 0 Å². The summed E-state index contributed by atoms with van der Waals surface area (Å²) in [6.45, 7) is 0.373. The third-order valence-electron chi connectivity index (χ3n) is 2.69. The zero-order valence-corrected chi connectivity index (χ0v) is 12.2. The lowest BCUT2D eigenvalue weighted by Gasteiger charge is -2.29. The van der Waals surface area contributed by atoms with Gasteiger partial charge in [0.15, 0.2) is 5.78 Å². The molecule has 5 heteroatoms. The first-order valence-electron chi connectivity index (χ1n) is 6.48. The molecule has 0 aliphatic carbocycles. The average molecular weight is 279 g/mol. The predicted molar refractivity (Wildman–Crippen MR) is 73.0 cm³/mol. The second-order valence-corrected chi connectivity index (χ2v) is 5.77. The van der Waals surface area contributed by atoms with Crippen molar-refractivity contribution < 1.29 is 23.9 Å². The third-order valence-corrected chi connectivity index (χ3v) is 2.69. The number of benzene rings is 1. The van der Waals surface area contributed by atoms with Crippen LogP contribution in [0.4, 0.5) is 0 Å². The standard InChI is InChI=1S/C15H21NO4/c1-16(2,3)10-13(9-15(18)19)20-11-14(17)12-7-5-4-6-8-12/h4-8,13H,9-11H2,1-3H3/t13-/m0/s1. The van der Waals surface area contributed by atoms with Gasteiger partial charge in [0, 0.05) is 18.0 Å².